The number of thiophene rings is 1. The van der Waals surface area contributed by atoms with Crippen LogP contribution in [0, 0.1) is 6.92 Å². The van der Waals surface area contributed by atoms with Crippen LogP contribution in [0.1, 0.15) is 23.3 Å². The fourth-order valence-corrected chi connectivity index (χ4v) is 4.32. The zero-order chi connectivity index (χ0) is 16.4. The van der Waals surface area contributed by atoms with Gasteiger partial charge < -0.3 is 14.4 Å². The number of hydrogen-bond acceptors (Lipinski definition) is 5. The molecule has 0 aromatic carbocycles. The lowest BCUT2D eigenvalue weighted by molar-refractivity contribution is -0.139. The van der Waals surface area contributed by atoms with Crippen molar-refractivity contribution < 1.29 is 14.3 Å². The maximum Gasteiger partial charge on any atom is 0.248 e. The summed E-state index contributed by atoms with van der Waals surface area (Å²) in [6.07, 6.45) is 2.34. The Kier molecular flexibility index (Phi) is 5.36. The fraction of sp³-hybridized carbons (Fsp3) is 0.706. The zero-order valence-electron chi connectivity index (χ0n) is 14.2. The van der Waals surface area contributed by atoms with Crippen molar-refractivity contribution in [1.82, 2.24) is 9.80 Å². The van der Waals surface area contributed by atoms with Crippen LogP contribution >= 0.6 is 11.3 Å². The van der Waals surface area contributed by atoms with E-state index in [1.165, 1.54) is 10.4 Å². The molecule has 1 amide bonds. The number of fused-ring (bicyclic) bond motifs is 1. The first-order valence-corrected chi connectivity index (χ1v) is 9.14. The third-order valence-corrected chi connectivity index (χ3v) is 5.83. The summed E-state index contributed by atoms with van der Waals surface area (Å²) in [7, 11) is 3.51. The maximum absolute atomic E-state index is 11.8. The number of carbonyl (C=O) groups is 1. The predicted molar refractivity (Wildman–Crippen MR) is 90.7 cm³/mol. The Bertz CT molecular complexity index is 546. The SMILES string of the molecule is Cc1ccsc1CN1C[C@@H](OCC(=O)N(C)C)[C@H]2OCCC[C@H]21. The van der Waals surface area contributed by atoms with Crippen LogP contribution in [0.25, 0.3) is 0 Å². The number of aryl methyl sites for hydroxylation is 1. The molecule has 6 heteroatoms. The lowest BCUT2D eigenvalue weighted by Crippen LogP contribution is -2.42. The Hall–Kier alpha value is -0.950. The smallest absolute Gasteiger partial charge is 0.248 e. The van der Waals surface area contributed by atoms with Crippen LogP contribution in [-0.2, 0) is 20.8 Å². The van der Waals surface area contributed by atoms with E-state index in [-0.39, 0.29) is 24.7 Å². The second kappa shape index (κ2) is 7.30. The molecule has 3 atom stereocenters. The Morgan fingerprint density at radius 2 is 2.35 bits per heavy atom. The molecule has 1 aromatic heterocycles. The third-order valence-electron chi connectivity index (χ3n) is 4.82. The molecule has 128 valence electrons. The minimum absolute atomic E-state index is 0.00455. The third kappa shape index (κ3) is 3.76. The topological polar surface area (TPSA) is 42.0 Å². The largest absolute Gasteiger partial charge is 0.374 e. The molecule has 2 fully saturated rings. The van der Waals surface area contributed by atoms with Gasteiger partial charge >= 0.3 is 0 Å². The lowest BCUT2D eigenvalue weighted by atomic mass is 10.0. The molecule has 2 saturated heterocycles. The van der Waals surface area contributed by atoms with Gasteiger partial charge in [0.1, 0.15) is 12.7 Å². The van der Waals surface area contributed by atoms with Crippen molar-refractivity contribution in [2.75, 3.05) is 33.9 Å². The highest BCUT2D eigenvalue weighted by Crippen LogP contribution is 2.33. The average Bonchev–Trinajstić information content (AvgIpc) is 3.10. The first-order valence-electron chi connectivity index (χ1n) is 8.26. The van der Waals surface area contributed by atoms with Gasteiger partial charge in [-0.1, -0.05) is 0 Å². The Labute approximate surface area is 142 Å². The highest BCUT2D eigenvalue weighted by Gasteiger charge is 2.44. The van der Waals surface area contributed by atoms with Gasteiger partial charge in [0.15, 0.2) is 0 Å². The van der Waals surface area contributed by atoms with E-state index >= 15 is 0 Å². The summed E-state index contributed by atoms with van der Waals surface area (Å²) in [5.74, 6) is 0.00455. The first kappa shape index (κ1) is 16.9. The lowest BCUT2D eigenvalue weighted by Gasteiger charge is -2.32. The molecule has 2 aliphatic rings. The van der Waals surface area contributed by atoms with Gasteiger partial charge in [-0.3, -0.25) is 9.69 Å². The number of hydrogen-bond donors (Lipinski definition) is 0. The molecule has 2 aliphatic heterocycles. The second-order valence-corrected chi connectivity index (χ2v) is 7.64. The predicted octanol–water partition coefficient (Wildman–Crippen LogP) is 1.89. The van der Waals surface area contributed by atoms with Gasteiger partial charge in [0.2, 0.25) is 5.91 Å². The minimum Gasteiger partial charge on any atom is -0.374 e. The van der Waals surface area contributed by atoms with Crippen molar-refractivity contribution in [2.24, 2.45) is 0 Å². The van der Waals surface area contributed by atoms with Gasteiger partial charge in [0, 0.05) is 44.7 Å². The molecule has 0 radical (unpaired) electrons. The van der Waals surface area contributed by atoms with Gasteiger partial charge in [-0.05, 0) is 36.8 Å². The van der Waals surface area contributed by atoms with E-state index in [9.17, 15) is 4.79 Å². The van der Waals surface area contributed by atoms with Crippen LogP contribution in [0.2, 0.25) is 0 Å². The Morgan fingerprint density at radius 1 is 1.52 bits per heavy atom. The first-order chi connectivity index (χ1) is 11.1. The molecular formula is C17H26N2O3S. The van der Waals surface area contributed by atoms with Crippen LogP contribution < -0.4 is 0 Å². The number of rotatable bonds is 5. The quantitative estimate of drug-likeness (QED) is 0.822. The Balaban J connectivity index is 1.65. The monoisotopic (exact) mass is 338 g/mol. The summed E-state index contributed by atoms with van der Waals surface area (Å²) in [5.41, 5.74) is 1.36. The van der Waals surface area contributed by atoms with Crippen LogP contribution in [0.4, 0.5) is 0 Å². The minimum atomic E-state index is -0.00975. The van der Waals surface area contributed by atoms with Gasteiger partial charge in [-0.2, -0.15) is 0 Å². The Morgan fingerprint density at radius 3 is 3.04 bits per heavy atom. The standard InChI is InChI=1S/C17H26N2O3S/c1-12-6-8-23-15(12)10-19-9-14(22-11-16(20)18(2)3)17-13(19)5-4-7-21-17/h6,8,13-14,17H,4-5,7,9-11H2,1-3H3/t13-,14-,17+/m1/s1. The van der Waals surface area contributed by atoms with Crippen molar-refractivity contribution in [3.05, 3.63) is 21.9 Å². The zero-order valence-corrected chi connectivity index (χ0v) is 15.0. The number of likely N-dealkylation sites (N-methyl/N-ethyl adjacent to an activating group) is 1. The number of carbonyl (C=O) groups excluding carboxylic acids is 1. The van der Waals surface area contributed by atoms with E-state index in [1.54, 1.807) is 19.0 Å². The van der Waals surface area contributed by atoms with Gasteiger partial charge in [0.05, 0.1) is 6.10 Å². The average molecular weight is 338 g/mol. The molecule has 23 heavy (non-hydrogen) atoms. The molecule has 0 aliphatic carbocycles. The summed E-state index contributed by atoms with van der Waals surface area (Å²) in [6.45, 7) is 4.90. The van der Waals surface area contributed by atoms with E-state index in [0.717, 1.165) is 32.5 Å². The van der Waals surface area contributed by atoms with E-state index in [2.05, 4.69) is 23.3 Å². The van der Waals surface area contributed by atoms with Gasteiger partial charge in [0.25, 0.3) is 0 Å². The van der Waals surface area contributed by atoms with Gasteiger partial charge in [-0.25, -0.2) is 0 Å². The molecular weight excluding hydrogens is 312 g/mol. The molecule has 5 nitrogen and oxygen atoms in total. The van der Waals surface area contributed by atoms with Crippen molar-refractivity contribution in [3.63, 3.8) is 0 Å². The second-order valence-electron chi connectivity index (χ2n) is 6.64. The van der Waals surface area contributed by atoms with Crippen molar-refractivity contribution in [2.45, 2.75) is 44.6 Å². The number of amides is 1. The highest BCUT2D eigenvalue weighted by molar-refractivity contribution is 7.10. The number of nitrogens with zero attached hydrogens (tertiary/aromatic N) is 2. The number of ether oxygens (including phenoxy) is 2. The fourth-order valence-electron chi connectivity index (χ4n) is 3.39. The molecule has 0 saturated carbocycles. The summed E-state index contributed by atoms with van der Waals surface area (Å²) in [4.78, 5) is 17.3. The molecule has 0 N–H and O–H groups in total. The van der Waals surface area contributed by atoms with E-state index < -0.39 is 0 Å². The van der Waals surface area contributed by atoms with E-state index in [4.69, 9.17) is 9.47 Å². The summed E-state index contributed by atoms with van der Waals surface area (Å²) in [5, 5.41) is 2.15. The van der Waals surface area contributed by atoms with E-state index in [1.807, 2.05) is 11.3 Å². The van der Waals surface area contributed by atoms with Crippen LogP contribution in [0.3, 0.4) is 0 Å². The van der Waals surface area contributed by atoms with Crippen LogP contribution in [0.5, 0.6) is 0 Å². The summed E-state index contributed by atoms with van der Waals surface area (Å²) >= 11 is 1.82. The summed E-state index contributed by atoms with van der Waals surface area (Å²) < 4.78 is 11.9. The van der Waals surface area contributed by atoms with Crippen molar-refractivity contribution in [3.8, 4) is 0 Å². The van der Waals surface area contributed by atoms with Crippen LogP contribution in [0.15, 0.2) is 11.4 Å². The molecule has 0 bridgehead atoms. The maximum atomic E-state index is 11.8. The summed E-state index contributed by atoms with van der Waals surface area (Å²) in [6, 6.07) is 2.58. The van der Waals surface area contributed by atoms with Crippen LogP contribution in [-0.4, -0.2) is 67.8 Å². The molecule has 3 heterocycles. The molecule has 1 aromatic rings. The highest BCUT2D eigenvalue weighted by atomic mass is 32.1. The van der Waals surface area contributed by atoms with Crippen molar-refractivity contribution in [1.29, 1.82) is 0 Å². The molecule has 0 spiro atoms. The number of likely N-dealkylation sites (tertiary alicyclic amines) is 1. The molecule has 0 unspecified atom stereocenters. The van der Waals surface area contributed by atoms with Crippen molar-refractivity contribution >= 4 is 17.2 Å². The van der Waals surface area contributed by atoms with E-state index in [0.29, 0.717) is 6.04 Å². The molecule has 3 rings (SSSR count). The van der Waals surface area contributed by atoms with Gasteiger partial charge in [-0.15, -0.1) is 11.3 Å². The normalized spacial score (nSPS) is 27.9.